The summed E-state index contributed by atoms with van der Waals surface area (Å²) in [5.74, 6) is 0.821. The van der Waals surface area contributed by atoms with E-state index in [1.54, 1.807) is 12.1 Å². The molecule has 1 aliphatic heterocycles. The number of hydrogen-bond acceptors (Lipinski definition) is 5. The smallest absolute Gasteiger partial charge is 0.243 e. The summed E-state index contributed by atoms with van der Waals surface area (Å²) < 4.78 is 38.4. The van der Waals surface area contributed by atoms with Crippen molar-refractivity contribution < 1.29 is 22.7 Å². The van der Waals surface area contributed by atoms with Gasteiger partial charge in [-0.3, -0.25) is 4.79 Å². The fourth-order valence-electron chi connectivity index (χ4n) is 3.82. The van der Waals surface area contributed by atoms with Gasteiger partial charge in [0.25, 0.3) is 0 Å². The highest BCUT2D eigenvalue weighted by Gasteiger charge is 2.33. The van der Waals surface area contributed by atoms with E-state index in [1.807, 2.05) is 45.0 Å². The molecule has 2 aromatic carbocycles. The van der Waals surface area contributed by atoms with E-state index in [1.165, 1.54) is 23.5 Å². The van der Waals surface area contributed by atoms with Crippen molar-refractivity contribution in [2.45, 2.75) is 50.7 Å². The summed E-state index contributed by atoms with van der Waals surface area (Å²) in [4.78, 5) is 13.2. The van der Waals surface area contributed by atoms with Crippen molar-refractivity contribution in [2.24, 2.45) is 5.92 Å². The van der Waals surface area contributed by atoms with E-state index in [0.29, 0.717) is 25.1 Å². The molecule has 0 saturated carbocycles. The molecule has 0 aromatic heterocycles. The molecule has 0 radical (unpaired) electrons. The van der Waals surface area contributed by atoms with Crippen molar-refractivity contribution in [3.8, 4) is 11.5 Å². The summed E-state index contributed by atoms with van der Waals surface area (Å²) in [5.41, 5.74) is 0.940. The number of rotatable bonds is 8. The number of sulfonamides is 1. The van der Waals surface area contributed by atoms with Crippen LogP contribution in [0, 0.1) is 5.92 Å². The Labute approximate surface area is 190 Å². The first-order chi connectivity index (χ1) is 15.2. The van der Waals surface area contributed by atoms with E-state index in [4.69, 9.17) is 9.47 Å². The zero-order chi connectivity index (χ0) is 23.3. The van der Waals surface area contributed by atoms with Gasteiger partial charge in [-0.25, -0.2) is 8.42 Å². The predicted molar refractivity (Wildman–Crippen MR) is 123 cm³/mol. The van der Waals surface area contributed by atoms with Crippen LogP contribution in [0.25, 0.3) is 0 Å². The van der Waals surface area contributed by atoms with Gasteiger partial charge in [0.2, 0.25) is 15.9 Å². The average Bonchev–Trinajstić information content (AvgIpc) is 2.79. The second-order valence-corrected chi connectivity index (χ2v) is 10.3. The van der Waals surface area contributed by atoms with Gasteiger partial charge in [0.15, 0.2) is 0 Å². The van der Waals surface area contributed by atoms with Crippen LogP contribution in [0.2, 0.25) is 0 Å². The maximum atomic E-state index is 13.1. The minimum absolute atomic E-state index is 0.0658. The van der Waals surface area contributed by atoms with Crippen LogP contribution < -0.4 is 14.8 Å². The van der Waals surface area contributed by atoms with Gasteiger partial charge in [-0.1, -0.05) is 12.1 Å². The lowest BCUT2D eigenvalue weighted by atomic mass is 9.98. The molecule has 2 unspecified atom stereocenters. The molecular weight excluding hydrogens is 428 g/mol. The topological polar surface area (TPSA) is 84.9 Å². The van der Waals surface area contributed by atoms with Gasteiger partial charge in [-0.15, -0.1) is 0 Å². The molecule has 1 N–H and O–H groups in total. The third-order valence-corrected chi connectivity index (χ3v) is 7.42. The van der Waals surface area contributed by atoms with Gasteiger partial charge in [-0.2, -0.15) is 4.31 Å². The Kier molecular flexibility index (Phi) is 7.79. The molecule has 1 amide bonds. The minimum Gasteiger partial charge on any atom is -0.497 e. The third kappa shape index (κ3) is 5.81. The zero-order valence-electron chi connectivity index (χ0n) is 19.1. The molecule has 7 nitrogen and oxygen atoms in total. The summed E-state index contributed by atoms with van der Waals surface area (Å²) in [6.07, 6.45) is 1.36. The first kappa shape index (κ1) is 24.1. The summed E-state index contributed by atoms with van der Waals surface area (Å²) in [7, 11) is -2.14. The number of methoxy groups -OCH3 is 1. The SMILES string of the molecule is COc1ccc(S(=O)(=O)N2CCCC(C(=O)NC(C)c3cccc(OC(C)C)c3)C2)cc1. The number of benzene rings is 2. The fraction of sp³-hybridized carbons (Fsp3) is 0.458. The molecular formula is C24H32N2O5S. The Bertz CT molecular complexity index is 1020. The first-order valence-electron chi connectivity index (χ1n) is 10.9. The lowest BCUT2D eigenvalue weighted by Gasteiger charge is -2.32. The second kappa shape index (κ2) is 10.4. The number of amides is 1. The molecule has 3 rings (SSSR count). The van der Waals surface area contributed by atoms with Crippen molar-refractivity contribution in [1.29, 1.82) is 0 Å². The molecule has 2 aromatic rings. The van der Waals surface area contributed by atoms with Crippen LogP contribution in [0.1, 0.15) is 45.2 Å². The van der Waals surface area contributed by atoms with Crippen LogP contribution in [0.15, 0.2) is 53.4 Å². The van der Waals surface area contributed by atoms with Crippen LogP contribution in [0.4, 0.5) is 0 Å². The fourth-order valence-corrected chi connectivity index (χ4v) is 5.34. The maximum Gasteiger partial charge on any atom is 0.243 e. The van der Waals surface area contributed by atoms with Gasteiger partial charge in [0.05, 0.1) is 30.1 Å². The van der Waals surface area contributed by atoms with Gasteiger partial charge in [0, 0.05) is 13.1 Å². The molecule has 0 bridgehead atoms. The van der Waals surface area contributed by atoms with Crippen LogP contribution >= 0.6 is 0 Å². The number of piperidine rings is 1. The van der Waals surface area contributed by atoms with Crippen LogP contribution in [0.3, 0.4) is 0 Å². The maximum absolute atomic E-state index is 13.1. The molecule has 1 aliphatic rings. The van der Waals surface area contributed by atoms with Crippen LogP contribution in [-0.2, 0) is 14.8 Å². The quantitative estimate of drug-likeness (QED) is 0.648. The highest BCUT2D eigenvalue weighted by Crippen LogP contribution is 2.26. The molecule has 174 valence electrons. The molecule has 0 aliphatic carbocycles. The van der Waals surface area contributed by atoms with Gasteiger partial charge >= 0.3 is 0 Å². The summed E-state index contributed by atoms with van der Waals surface area (Å²) >= 11 is 0. The summed E-state index contributed by atoms with van der Waals surface area (Å²) in [6, 6.07) is 13.8. The molecule has 1 heterocycles. The molecule has 1 fully saturated rings. The van der Waals surface area contributed by atoms with Crippen molar-refractivity contribution in [2.75, 3.05) is 20.2 Å². The van der Waals surface area contributed by atoms with E-state index < -0.39 is 15.9 Å². The summed E-state index contributed by atoms with van der Waals surface area (Å²) in [5, 5.41) is 3.04. The largest absolute Gasteiger partial charge is 0.497 e. The molecule has 1 saturated heterocycles. The van der Waals surface area contributed by atoms with Crippen molar-refractivity contribution >= 4 is 15.9 Å². The Morgan fingerprint density at radius 1 is 1.09 bits per heavy atom. The number of carbonyl (C=O) groups is 1. The average molecular weight is 461 g/mol. The Balaban J connectivity index is 1.66. The lowest BCUT2D eigenvalue weighted by molar-refractivity contribution is -0.126. The molecule has 2 atom stereocenters. The second-order valence-electron chi connectivity index (χ2n) is 8.35. The zero-order valence-corrected chi connectivity index (χ0v) is 19.9. The van der Waals surface area contributed by atoms with E-state index in [0.717, 1.165) is 11.3 Å². The normalized spacial score (nSPS) is 18.2. The Hall–Kier alpha value is -2.58. The molecule has 8 heteroatoms. The van der Waals surface area contributed by atoms with E-state index >= 15 is 0 Å². The Morgan fingerprint density at radius 3 is 2.47 bits per heavy atom. The number of carbonyl (C=O) groups excluding carboxylic acids is 1. The van der Waals surface area contributed by atoms with Crippen LogP contribution in [-0.4, -0.2) is 44.9 Å². The number of hydrogen-bond donors (Lipinski definition) is 1. The molecule has 32 heavy (non-hydrogen) atoms. The van der Waals surface area contributed by atoms with Gasteiger partial charge < -0.3 is 14.8 Å². The predicted octanol–water partition coefficient (Wildman–Crippen LogP) is 3.76. The summed E-state index contributed by atoms with van der Waals surface area (Å²) in [6.45, 7) is 6.42. The van der Waals surface area contributed by atoms with Crippen molar-refractivity contribution in [1.82, 2.24) is 9.62 Å². The van der Waals surface area contributed by atoms with E-state index in [9.17, 15) is 13.2 Å². The van der Waals surface area contributed by atoms with E-state index in [2.05, 4.69) is 5.32 Å². The van der Waals surface area contributed by atoms with Gasteiger partial charge in [-0.05, 0) is 75.6 Å². The Morgan fingerprint density at radius 2 is 1.81 bits per heavy atom. The van der Waals surface area contributed by atoms with E-state index in [-0.39, 0.29) is 29.5 Å². The van der Waals surface area contributed by atoms with Crippen molar-refractivity contribution in [3.63, 3.8) is 0 Å². The standard InChI is InChI=1S/C24H32N2O5S/c1-17(2)31-22-9-5-7-19(15-22)18(3)25-24(27)20-8-6-14-26(16-20)32(28,29)23-12-10-21(30-4)11-13-23/h5,7,9-13,15,17-18,20H,6,8,14,16H2,1-4H3,(H,25,27). The van der Waals surface area contributed by atoms with Crippen LogP contribution in [0.5, 0.6) is 11.5 Å². The number of nitrogens with zero attached hydrogens (tertiary/aromatic N) is 1. The first-order valence-corrected chi connectivity index (χ1v) is 12.4. The molecule has 0 spiro atoms. The highest BCUT2D eigenvalue weighted by molar-refractivity contribution is 7.89. The number of ether oxygens (including phenoxy) is 2. The van der Waals surface area contributed by atoms with Gasteiger partial charge in [0.1, 0.15) is 11.5 Å². The highest BCUT2D eigenvalue weighted by atomic mass is 32.2. The minimum atomic E-state index is -3.67. The number of nitrogens with one attached hydrogen (secondary N) is 1. The lowest BCUT2D eigenvalue weighted by Crippen LogP contribution is -2.45. The van der Waals surface area contributed by atoms with Crippen molar-refractivity contribution in [3.05, 3.63) is 54.1 Å². The third-order valence-electron chi connectivity index (χ3n) is 5.54. The monoisotopic (exact) mass is 460 g/mol.